The standard InChI is InChI=1S/C21H15Br2IN2O3/c1-29-18-10-17(22)19(23)16(20(18)27)11-25-14-3-2-4-15(9-14)26-21(28)12-5-7-13(24)8-6-12/h2-11,27H,1H3,(H,26,28). The van der Waals surface area contributed by atoms with Gasteiger partial charge < -0.3 is 15.2 Å². The van der Waals surface area contributed by atoms with Crippen LogP contribution in [0.2, 0.25) is 0 Å². The van der Waals surface area contributed by atoms with E-state index in [1.54, 1.807) is 42.5 Å². The highest BCUT2D eigenvalue weighted by Crippen LogP contribution is 2.39. The molecule has 0 saturated heterocycles. The Balaban J connectivity index is 1.83. The monoisotopic (exact) mass is 628 g/mol. The first-order valence-electron chi connectivity index (χ1n) is 8.35. The molecule has 148 valence electrons. The number of hydrogen-bond donors (Lipinski definition) is 2. The predicted octanol–water partition coefficient (Wildman–Crippen LogP) is 6.53. The third-order valence-corrected chi connectivity index (χ3v) is 6.70. The van der Waals surface area contributed by atoms with Crippen molar-refractivity contribution < 1.29 is 14.6 Å². The van der Waals surface area contributed by atoms with Gasteiger partial charge in [0.1, 0.15) is 0 Å². The predicted molar refractivity (Wildman–Crippen MR) is 131 cm³/mol. The minimum absolute atomic E-state index is 0.0190. The van der Waals surface area contributed by atoms with Crippen molar-refractivity contribution in [2.75, 3.05) is 12.4 Å². The fourth-order valence-corrected chi connectivity index (χ4v) is 3.68. The molecule has 0 spiro atoms. The molecule has 0 aliphatic heterocycles. The van der Waals surface area contributed by atoms with Crippen molar-refractivity contribution in [1.82, 2.24) is 0 Å². The normalized spacial score (nSPS) is 10.9. The molecule has 8 heteroatoms. The molecule has 0 radical (unpaired) electrons. The van der Waals surface area contributed by atoms with E-state index in [4.69, 9.17) is 4.74 Å². The number of phenolic OH excluding ortho intramolecular Hbond substituents is 1. The average molecular weight is 630 g/mol. The number of amides is 1. The number of benzene rings is 3. The highest BCUT2D eigenvalue weighted by Gasteiger charge is 2.14. The minimum atomic E-state index is -0.195. The summed E-state index contributed by atoms with van der Waals surface area (Å²) in [5.41, 5.74) is 2.30. The summed E-state index contributed by atoms with van der Waals surface area (Å²) in [5, 5.41) is 13.2. The maximum Gasteiger partial charge on any atom is 0.255 e. The van der Waals surface area contributed by atoms with Gasteiger partial charge in [-0.25, -0.2) is 0 Å². The number of aliphatic imine (C=N–C) groups is 1. The van der Waals surface area contributed by atoms with Crippen molar-refractivity contribution in [1.29, 1.82) is 0 Å². The SMILES string of the molecule is COc1cc(Br)c(Br)c(C=Nc2cccc(NC(=O)c3ccc(I)cc3)c2)c1O. The summed E-state index contributed by atoms with van der Waals surface area (Å²) in [4.78, 5) is 16.8. The molecule has 0 heterocycles. The molecule has 0 fully saturated rings. The zero-order chi connectivity index (χ0) is 21.0. The second kappa shape index (κ2) is 9.73. The Morgan fingerprint density at radius 1 is 1.17 bits per heavy atom. The topological polar surface area (TPSA) is 70.9 Å². The molecule has 0 aliphatic rings. The van der Waals surface area contributed by atoms with E-state index in [0.717, 1.165) is 8.04 Å². The zero-order valence-electron chi connectivity index (χ0n) is 15.1. The van der Waals surface area contributed by atoms with E-state index in [2.05, 4.69) is 64.8 Å². The summed E-state index contributed by atoms with van der Waals surface area (Å²) in [5.74, 6) is 0.120. The molecule has 0 bridgehead atoms. The molecule has 0 aliphatic carbocycles. The van der Waals surface area contributed by atoms with Gasteiger partial charge in [-0.1, -0.05) is 6.07 Å². The van der Waals surface area contributed by atoms with E-state index in [1.165, 1.54) is 13.3 Å². The Morgan fingerprint density at radius 2 is 1.90 bits per heavy atom. The van der Waals surface area contributed by atoms with Crippen molar-refractivity contribution in [3.63, 3.8) is 0 Å². The second-order valence-corrected chi connectivity index (χ2v) is 8.80. The Bertz CT molecular complexity index is 1090. The third kappa shape index (κ3) is 5.37. The largest absolute Gasteiger partial charge is 0.504 e. The minimum Gasteiger partial charge on any atom is -0.504 e. The van der Waals surface area contributed by atoms with E-state index in [1.807, 2.05) is 12.1 Å². The molecule has 3 aromatic carbocycles. The first-order chi connectivity index (χ1) is 13.9. The summed E-state index contributed by atoms with van der Waals surface area (Å²) in [6.45, 7) is 0. The first-order valence-corrected chi connectivity index (χ1v) is 11.0. The van der Waals surface area contributed by atoms with Crippen LogP contribution in [-0.4, -0.2) is 24.3 Å². The van der Waals surface area contributed by atoms with Crippen LogP contribution < -0.4 is 10.1 Å². The lowest BCUT2D eigenvalue weighted by Crippen LogP contribution is -2.11. The van der Waals surface area contributed by atoms with Crippen LogP contribution in [-0.2, 0) is 0 Å². The van der Waals surface area contributed by atoms with Crippen LogP contribution in [0.5, 0.6) is 11.5 Å². The van der Waals surface area contributed by atoms with Gasteiger partial charge in [0, 0.05) is 30.0 Å². The number of carbonyl (C=O) groups excluding carboxylic acids is 1. The summed E-state index contributed by atoms with van der Waals surface area (Å²) in [6.07, 6.45) is 1.53. The number of halogens is 3. The average Bonchev–Trinajstić information content (AvgIpc) is 2.71. The molecule has 29 heavy (non-hydrogen) atoms. The molecule has 5 nitrogen and oxygen atoms in total. The Hall–Kier alpha value is -1.91. The van der Waals surface area contributed by atoms with Gasteiger partial charge in [0.2, 0.25) is 0 Å². The first kappa shape index (κ1) is 21.8. The number of hydrogen-bond acceptors (Lipinski definition) is 4. The Labute approximate surface area is 198 Å². The van der Waals surface area contributed by atoms with E-state index < -0.39 is 0 Å². The zero-order valence-corrected chi connectivity index (χ0v) is 20.4. The van der Waals surface area contributed by atoms with Crippen molar-refractivity contribution in [2.45, 2.75) is 0 Å². The molecule has 1 amide bonds. The number of methoxy groups -OCH3 is 1. The van der Waals surface area contributed by atoms with Gasteiger partial charge in [-0.2, -0.15) is 0 Å². The summed E-state index contributed by atoms with van der Waals surface area (Å²) < 4.78 is 7.62. The summed E-state index contributed by atoms with van der Waals surface area (Å²) in [6, 6.07) is 16.1. The maximum absolute atomic E-state index is 12.4. The van der Waals surface area contributed by atoms with Gasteiger partial charge in [-0.15, -0.1) is 0 Å². The van der Waals surface area contributed by atoms with Crippen LogP contribution in [0.3, 0.4) is 0 Å². The van der Waals surface area contributed by atoms with Crippen LogP contribution in [0.25, 0.3) is 0 Å². The van der Waals surface area contributed by atoms with Crippen molar-refractivity contribution >= 4 is 77.9 Å². The van der Waals surface area contributed by atoms with E-state index in [9.17, 15) is 9.90 Å². The molecule has 3 aromatic rings. The number of carbonyl (C=O) groups is 1. The van der Waals surface area contributed by atoms with Gasteiger partial charge in [0.25, 0.3) is 5.91 Å². The molecule has 0 atom stereocenters. The number of nitrogens with one attached hydrogen (secondary N) is 1. The molecule has 2 N–H and O–H groups in total. The summed E-state index contributed by atoms with van der Waals surface area (Å²) in [7, 11) is 1.48. The van der Waals surface area contributed by atoms with Gasteiger partial charge in [0.15, 0.2) is 11.5 Å². The molecular formula is C21H15Br2IN2O3. The third-order valence-electron chi connectivity index (χ3n) is 3.97. The quantitative estimate of drug-likeness (QED) is 0.249. The fourth-order valence-electron chi connectivity index (χ4n) is 2.49. The molecule has 3 rings (SSSR count). The highest BCUT2D eigenvalue weighted by atomic mass is 127. The van der Waals surface area contributed by atoms with Crippen molar-refractivity contribution in [3.05, 3.63) is 78.2 Å². The number of aromatic hydroxyl groups is 1. The smallest absolute Gasteiger partial charge is 0.255 e. The van der Waals surface area contributed by atoms with Crippen LogP contribution in [0, 0.1) is 3.57 Å². The van der Waals surface area contributed by atoms with Crippen LogP contribution in [0.15, 0.2) is 68.5 Å². The lowest BCUT2D eigenvalue weighted by molar-refractivity contribution is 0.102. The van der Waals surface area contributed by atoms with Crippen LogP contribution >= 0.6 is 54.5 Å². The van der Waals surface area contributed by atoms with Crippen molar-refractivity contribution in [2.24, 2.45) is 4.99 Å². The van der Waals surface area contributed by atoms with E-state index in [-0.39, 0.29) is 11.7 Å². The number of rotatable bonds is 5. The highest BCUT2D eigenvalue weighted by molar-refractivity contribution is 14.1. The number of anilines is 1. The molecular weight excluding hydrogens is 615 g/mol. The van der Waals surface area contributed by atoms with Gasteiger partial charge >= 0.3 is 0 Å². The number of ether oxygens (including phenoxy) is 1. The summed E-state index contributed by atoms with van der Waals surface area (Å²) >= 11 is 9.04. The molecule has 0 unspecified atom stereocenters. The number of phenols is 1. The van der Waals surface area contributed by atoms with Crippen LogP contribution in [0.1, 0.15) is 15.9 Å². The van der Waals surface area contributed by atoms with Gasteiger partial charge in [-0.05, 0) is 103 Å². The van der Waals surface area contributed by atoms with Crippen LogP contribution in [0.4, 0.5) is 11.4 Å². The second-order valence-electron chi connectivity index (χ2n) is 5.91. The van der Waals surface area contributed by atoms with Gasteiger partial charge in [0.05, 0.1) is 18.4 Å². The molecule has 0 saturated carbocycles. The lowest BCUT2D eigenvalue weighted by atomic mass is 10.2. The fraction of sp³-hybridized carbons (Fsp3) is 0.0476. The molecule has 0 aromatic heterocycles. The lowest BCUT2D eigenvalue weighted by Gasteiger charge is -2.10. The number of nitrogens with zero attached hydrogens (tertiary/aromatic N) is 1. The maximum atomic E-state index is 12.4. The van der Waals surface area contributed by atoms with E-state index in [0.29, 0.717) is 32.7 Å². The Morgan fingerprint density at radius 3 is 2.59 bits per heavy atom. The van der Waals surface area contributed by atoms with Gasteiger partial charge in [-0.3, -0.25) is 9.79 Å². The van der Waals surface area contributed by atoms with E-state index >= 15 is 0 Å². The van der Waals surface area contributed by atoms with Crippen molar-refractivity contribution in [3.8, 4) is 11.5 Å². The Kier molecular flexibility index (Phi) is 7.31.